The Morgan fingerprint density at radius 2 is 1.96 bits per heavy atom. The molecule has 3 rings (SSSR count). The van der Waals surface area contributed by atoms with E-state index in [1.165, 1.54) is 33.4 Å². The third-order valence-corrected chi connectivity index (χ3v) is 5.85. The molecule has 136 valence electrons. The summed E-state index contributed by atoms with van der Waals surface area (Å²) in [6.45, 7) is 0. The molecule has 8 heteroatoms. The monoisotopic (exact) mass is 391 g/mol. The summed E-state index contributed by atoms with van der Waals surface area (Å²) in [5, 5.41) is 0.904. The third kappa shape index (κ3) is 3.71. The lowest BCUT2D eigenvalue weighted by Gasteiger charge is -2.07. The maximum atomic E-state index is 12.9. The second-order valence-electron chi connectivity index (χ2n) is 6.07. The van der Waals surface area contributed by atoms with E-state index in [0.717, 1.165) is 16.4 Å². The summed E-state index contributed by atoms with van der Waals surface area (Å²) in [6, 6.07) is 5.61. The minimum absolute atomic E-state index is 0.00418. The van der Waals surface area contributed by atoms with Crippen LogP contribution in [0.15, 0.2) is 34.1 Å². The van der Waals surface area contributed by atoms with Crippen LogP contribution in [0.4, 0.5) is 10.2 Å². The molecule has 0 atom stereocenters. The summed E-state index contributed by atoms with van der Waals surface area (Å²) in [5.74, 6) is 1.03. The smallest absolute Gasteiger partial charge is 0.294 e. The summed E-state index contributed by atoms with van der Waals surface area (Å²) in [6.07, 6.45) is 1.72. The molecular formula is C18H18FN3O2S2. The molecule has 0 fully saturated rings. The fraction of sp³-hybridized carbons (Fsp3) is 0.333. The molecule has 0 unspecified atom stereocenters. The topological polar surface area (TPSA) is 56.4 Å². The van der Waals surface area contributed by atoms with E-state index in [4.69, 9.17) is 12.2 Å². The number of halogens is 1. The number of thioether (sulfide) groups is 1. The highest BCUT2D eigenvalue weighted by Crippen LogP contribution is 2.29. The van der Waals surface area contributed by atoms with Crippen molar-refractivity contribution >= 4 is 40.6 Å². The predicted octanol–water partition coefficient (Wildman–Crippen LogP) is 3.57. The first-order valence-corrected chi connectivity index (χ1v) is 9.56. The molecular weight excluding hydrogens is 373 g/mol. The highest BCUT2D eigenvalue weighted by molar-refractivity contribution is 8.14. The molecule has 1 aliphatic rings. The first kappa shape index (κ1) is 18.7. The van der Waals surface area contributed by atoms with Crippen LogP contribution in [0.2, 0.25) is 0 Å². The van der Waals surface area contributed by atoms with Crippen molar-refractivity contribution in [3.8, 4) is 0 Å². The Labute approximate surface area is 159 Å². The van der Waals surface area contributed by atoms with E-state index < -0.39 is 0 Å². The fourth-order valence-corrected chi connectivity index (χ4v) is 3.96. The van der Waals surface area contributed by atoms with Gasteiger partial charge in [0.15, 0.2) is 5.78 Å². The molecule has 1 aliphatic heterocycles. The maximum Gasteiger partial charge on any atom is 0.330 e. The van der Waals surface area contributed by atoms with Crippen LogP contribution in [0.3, 0.4) is 0 Å². The van der Waals surface area contributed by atoms with Crippen molar-refractivity contribution in [2.45, 2.75) is 19.3 Å². The Hall–Kier alpha value is -2.06. The number of carbonyl (C=O) groups excluding carboxylic acids is 1. The lowest BCUT2D eigenvalue weighted by molar-refractivity contribution is 0.0982. The van der Waals surface area contributed by atoms with Crippen molar-refractivity contribution in [1.29, 1.82) is 0 Å². The molecule has 26 heavy (non-hydrogen) atoms. The number of benzene rings is 1. The SMILES string of the molecule is Cn1c2c(c(=S)n(C)c1=O)CC(SCCCC(=O)c1ccc(F)cc1)=N2. The van der Waals surface area contributed by atoms with Crippen molar-refractivity contribution in [3.63, 3.8) is 0 Å². The van der Waals surface area contributed by atoms with E-state index in [9.17, 15) is 14.0 Å². The molecule has 0 amide bonds. The number of ketones is 1. The first-order chi connectivity index (χ1) is 12.4. The van der Waals surface area contributed by atoms with E-state index >= 15 is 0 Å². The minimum Gasteiger partial charge on any atom is -0.294 e. The lowest BCUT2D eigenvalue weighted by Crippen LogP contribution is -2.28. The Kier molecular flexibility index (Phi) is 5.52. The number of aromatic nitrogens is 2. The highest BCUT2D eigenvalue weighted by Gasteiger charge is 2.21. The Morgan fingerprint density at radius 1 is 1.27 bits per heavy atom. The van der Waals surface area contributed by atoms with E-state index in [1.54, 1.807) is 25.9 Å². The van der Waals surface area contributed by atoms with Gasteiger partial charge < -0.3 is 0 Å². The zero-order valence-electron chi connectivity index (χ0n) is 14.5. The van der Waals surface area contributed by atoms with Gasteiger partial charge >= 0.3 is 5.69 Å². The van der Waals surface area contributed by atoms with Crippen LogP contribution in [0, 0.1) is 10.5 Å². The van der Waals surface area contributed by atoms with Gasteiger partial charge in [-0.05, 0) is 36.4 Å². The number of fused-ring (bicyclic) bond motifs is 1. The summed E-state index contributed by atoms with van der Waals surface area (Å²) in [7, 11) is 3.35. The minimum atomic E-state index is -0.347. The van der Waals surface area contributed by atoms with Crippen LogP contribution in [-0.4, -0.2) is 25.7 Å². The van der Waals surface area contributed by atoms with E-state index in [-0.39, 0.29) is 17.3 Å². The van der Waals surface area contributed by atoms with Gasteiger partial charge in [-0.25, -0.2) is 14.2 Å². The van der Waals surface area contributed by atoms with Crippen LogP contribution >= 0.6 is 24.0 Å². The van der Waals surface area contributed by atoms with Gasteiger partial charge in [0.25, 0.3) is 0 Å². The molecule has 1 aromatic heterocycles. The van der Waals surface area contributed by atoms with Crippen LogP contribution in [0.5, 0.6) is 0 Å². The predicted molar refractivity (Wildman–Crippen MR) is 105 cm³/mol. The Morgan fingerprint density at radius 3 is 2.65 bits per heavy atom. The Balaban J connectivity index is 1.57. The number of nitrogens with zero attached hydrogens (tertiary/aromatic N) is 3. The standard InChI is InChI=1S/C18H18FN3O2S2/c1-21-16-13(17(25)22(2)18(21)24)10-15(20-16)26-9-3-4-14(23)11-5-7-12(19)8-6-11/h5-8H,3-4,9-10H2,1-2H3. The number of hydrogen-bond acceptors (Lipinski definition) is 5. The number of Topliss-reactive ketones (excluding diaryl/α,β-unsaturated/α-hetero) is 1. The molecule has 0 bridgehead atoms. The number of carbonyl (C=O) groups is 1. The molecule has 0 aliphatic carbocycles. The zero-order valence-corrected chi connectivity index (χ0v) is 16.1. The average molecular weight is 391 g/mol. The van der Waals surface area contributed by atoms with E-state index in [1.807, 2.05) is 0 Å². The summed E-state index contributed by atoms with van der Waals surface area (Å²) in [5.41, 5.74) is 1.24. The van der Waals surface area contributed by atoms with Crippen molar-refractivity contribution in [3.05, 3.63) is 56.3 Å². The molecule has 0 saturated heterocycles. The highest BCUT2D eigenvalue weighted by atomic mass is 32.2. The fourth-order valence-electron chi connectivity index (χ4n) is 2.80. The second kappa shape index (κ2) is 7.67. The number of aliphatic imine (C=N–C) groups is 1. The quantitative estimate of drug-likeness (QED) is 0.444. The van der Waals surface area contributed by atoms with Crippen molar-refractivity contribution in [2.75, 3.05) is 5.75 Å². The van der Waals surface area contributed by atoms with E-state index in [2.05, 4.69) is 4.99 Å². The van der Waals surface area contributed by atoms with Gasteiger partial charge in [-0.2, -0.15) is 0 Å². The van der Waals surface area contributed by atoms with E-state index in [0.29, 0.717) is 35.3 Å². The van der Waals surface area contributed by atoms with Gasteiger partial charge in [0, 0.05) is 38.1 Å². The number of rotatable bonds is 5. The van der Waals surface area contributed by atoms with Gasteiger partial charge in [0.05, 0.1) is 5.04 Å². The molecule has 0 N–H and O–H groups in total. The van der Waals surface area contributed by atoms with Gasteiger partial charge in [-0.3, -0.25) is 13.9 Å². The third-order valence-electron chi connectivity index (χ3n) is 4.27. The largest absolute Gasteiger partial charge is 0.330 e. The molecule has 0 radical (unpaired) electrons. The molecule has 5 nitrogen and oxygen atoms in total. The summed E-state index contributed by atoms with van der Waals surface area (Å²) >= 11 is 6.92. The molecule has 0 spiro atoms. The van der Waals surface area contributed by atoms with Crippen molar-refractivity contribution in [1.82, 2.24) is 9.13 Å². The average Bonchev–Trinajstić information content (AvgIpc) is 3.06. The molecule has 2 heterocycles. The maximum absolute atomic E-state index is 12.9. The van der Waals surface area contributed by atoms with Gasteiger partial charge in [-0.15, -0.1) is 11.8 Å². The normalized spacial score (nSPS) is 12.8. The van der Waals surface area contributed by atoms with Crippen LogP contribution in [-0.2, 0) is 20.5 Å². The number of hydrogen-bond donors (Lipinski definition) is 0. The second-order valence-corrected chi connectivity index (χ2v) is 7.63. The molecule has 1 aromatic carbocycles. The lowest BCUT2D eigenvalue weighted by atomic mass is 10.1. The van der Waals surface area contributed by atoms with Crippen molar-refractivity contribution < 1.29 is 9.18 Å². The summed E-state index contributed by atoms with van der Waals surface area (Å²) in [4.78, 5) is 28.7. The van der Waals surface area contributed by atoms with Crippen LogP contribution < -0.4 is 5.69 Å². The van der Waals surface area contributed by atoms with Gasteiger partial charge in [0.2, 0.25) is 0 Å². The molecule has 2 aromatic rings. The van der Waals surface area contributed by atoms with Crippen LogP contribution in [0.25, 0.3) is 0 Å². The molecule has 0 saturated carbocycles. The van der Waals surface area contributed by atoms with Crippen molar-refractivity contribution in [2.24, 2.45) is 19.1 Å². The summed E-state index contributed by atoms with van der Waals surface area (Å²) < 4.78 is 16.4. The van der Waals surface area contributed by atoms with Gasteiger partial charge in [0.1, 0.15) is 16.3 Å². The van der Waals surface area contributed by atoms with Crippen LogP contribution in [0.1, 0.15) is 28.8 Å². The first-order valence-electron chi connectivity index (χ1n) is 8.16. The van der Waals surface area contributed by atoms with Gasteiger partial charge in [-0.1, -0.05) is 12.2 Å². The zero-order chi connectivity index (χ0) is 18.8. The Bertz CT molecular complexity index is 1010.